The highest BCUT2D eigenvalue weighted by atomic mass is 35.5. The molecule has 0 unspecified atom stereocenters. The number of benzene rings is 3. The van der Waals surface area contributed by atoms with E-state index in [0.717, 1.165) is 21.9 Å². The minimum Gasteiger partial charge on any atom is -0.469 e. The van der Waals surface area contributed by atoms with Crippen LogP contribution in [0.3, 0.4) is 0 Å². The quantitative estimate of drug-likeness (QED) is 0.444. The number of alkyl halides is 1. The number of sulfonamides is 1. The molecule has 0 saturated carbocycles. The van der Waals surface area contributed by atoms with Gasteiger partial charge in [-0.1, -0.05) is 48.0 Å². The Kier molecular flexibility index (Phi) is 7.02. The minimum absolute atomic E-state index is 0.0812. The van der Waals surface area contributed by atoms with E-state index >= 15 is 0 Å². The summed E-state index contributed by atoms with van der Waals surface area (Å²) in [7, 11) is -2.33. The van der Waals surface area contributed by atoms with Gasteiger partial charge in [-0.05, 0) is 64.4 Å². The van der Waals surface area contributed by atoms with Crippen molar-refractivity contribution < 1.29 is 22.3 Å². The normalized spacial score (nSPS) is 15.6. The van der Waals surface area contributed by atoms with Gasteiger partial charge in [-0.3, -0.25) is 4.79 Å². The van der Waals surface area contributed by atoms with Crippen molar-refractivity contribution in [2.75, 3.05) is 20.2 Å². The molecule has 1 aliphatic heterocycles. The Labute approximate surface area is 198 Å². The van der Waals surface area contributed by atoms with Crippen LogP contribution in [0.5, 0.6) is 0 Å². The molecule has 1 fully saturated rings. The zero-order valence-corrected chi connectivity index (χ0v) is 19.8. The number of methoxy groups -OCH3 is 1. The van der Waals surface area contributed by atoms with Crippen LogP contribution < -0.4 is 0 Å². The molecule has 0 bridgehead atoms. The summed E-state index contributed by atoms with van der Waals surface area (Å²) in [6.07, 6.45) is 1.37. The van der Waals surface area contributed by atoms with Gasteiger partial charge in [0.2, 0.25) is 10.0 Å². The van der Waals surface area contributed by atoms with Gasteiger partial charge in [0, 0.05) is 13.1 Å². The number of ether oxygens (including phenoxy) is 1. The number of esters is 1. The molecule has 8 heteroatoms. The Morgan fingerprint density at radius 3 is 2.48 bits per heavy atom. The van der Waals surface area contributed by atoms with Crippen molar-refractivity contribution in [1.82, 2.24) is 4.31 Å². The third kappa shape index (κ3) is 4.90. The highest BCUT2D eigenvalue weighted by molar-refractivity contribution is 7.89. The van der Waals surface area contributed by atoms with Crippen LogP contribution in [-0.2, 0) is 32.7 Å². The molecule has 1 heterocycles. The molecular weight excluding hydrogens is 465 g/mol. The van der Waals surface area contributed by atoms with Gasteiger partial charge in [-0.15, -0.1) is 0 Å². The molecule has 0 amide bonds. The van der Waals surface area contributed by atoms with Crippen LogP contribution in [0.15, 0.2) is 59.5 Å². The van der Waals surface area contributed by atoms with Gasteiger partial charge in [-0.25, -0.2) is 12.8 Å². The fourth-order valence-electron chi connectivity index (χ4n) is 4.46. The lowest BCUT2D eigenvalue weighted by atomic mass is 9.85. The molecule has 33 heavy (non-hydrogen) atoms. The summed E-state index contributed by atoms with van der Waals surface area (Å²) >= 11 is 6.14. The molecule has 4 rings (SSSR count). The van der Waals surface area contributed by atoms with Gasteiger partial charge >= 0.3 is 5.97 Å². The first-order valence-electron chi connectivity index (χ1n) is 10.8. The maximum Gasteiger partial charge on any atom is 0.309 e. The van der Waals surface area contributed by atoms with E-state index in [1.165, 1.54) is 17.5 Å². The molecule has 0 aliphatic carbocycles. The maximum atomic E-state index is 13.4. The third-order valence-electron chi connectivity index (χ3n) is 6.19. The van der Waals surface area contributed by atoms with Gasteiger partial charge in [0.05, 0.1) is 18.6 Å². The van der Waals surface area contributed by atoms with Crippen molar-refractivity contribution in [3.8, 4) is 0 Å². The van der Waals surface area contributed by atoms with Crippen molar-refractivity contribution in [2.24, 2.45) is 0 Å². The summed E-state index contributed by atoms with van der Waals surface area (Å²) in [6, 6.07) is 15.8. The van der Waals surface area contributed by atoms with Crippen LogP contribution in [0.2, 0.25) is 5.02 Å². The van der Waals surface area contributed by atoms with Crippen LogP contribution in [0.25, 0.3) is 10.8 Å². The fourth-order valence-corrected chi connectivity index (χ4v) is 6.42. The predicted molar refractivity (Wildman–Crippen MR) is 127 cm³/mol. The second-order valence-corrected chi connectivity index (χ2v) is 10.5. The predicted octanol–water partition coefficient (Wildman–Crippen LogP) is 5.25. The molecule has 174 valence electrons. The second-order valence-electron chi connectivity index (χ2n) is 8.24. The summed E-state index contributed by atoms with van der Waals surface area (Å²) in [5, 5.41) is 2.07. The lowest BCUT2D eigenvalue weighted by molar-refractivity contribution is -0.139. The number of hydrogen-bond acceptors (Lipinski definition) is 4. The molecule has 3 aromatic rings. The van der Waals surface area contributed by atoms with Crippen molar-refractivity contribution in [2.45, 2.75) is 36.8 Å². The Bertz CT molecular complexity index is 1290. The van der Waals surface area contributed by atoms with Crippen LogP contribution in [-0.4, -0.2) is 38.9 Å². The summed E-state index contributed by atoms with van der Waals surface area (Å²) in [5.74, 6) is -0.251. The molecule has 0 N–H and O–H groups in total. The van der Waals surface area contributed by atoms with Crippen LogP contribution in [0.4, 0.5) is 4.39 Å². The summed E-state index contributed by atoms with van der Waals surface area (Å²) in [5.41, 5.74) is 2.42. The lowest BCUT2D eigenvalue weighted by Crippen LogP contribution is -2.38. The van der Waals surface area contributed by atoms with Gasteiger partial charge in [-0.2, -0.15) is 4.31 Å². The van der Waals surface area contributed by atoms with Crippen LogP contribution in [0.1, 0.15) is 35.4 Å². The number of carbonyl (C=O) groups is 1. The number of fused-ring (bicyclic) bond motifs is 1. The Morgan fingerprint density at radius 1 is 1.09 bits per heavy atom. The molecular formula is C25H25ClFNO4S. The van der Waals surface area contributed by atoms with Crippen LogP contribution >= 0.6 is 11.6 Å². The minimum atomic E-state index is -3.69. The molecule has 1 aliphatic rings. The first kappa shape index (κ1) is 23.7. The molecule has 0 aromatic heterocycles. The summed E-state index contributed by atoms with van der Waals surface area (Å²) in [6.45, 7) is 0.140. The van der Waals surface area contributed by atoms with E-state index < -0.39 is 16.7 Å². The fraction of sp³-hybridized carbons (Fsp3) is 0.320. The standard InChI is InChI=1S/C25H25ClFNO4S/c1-32-25(29)15-18-12-20-7-6-17(16-27)13-22(20)21(14-18)19-8-10-28(11-9-19)33(30,31)24-5-3-2-4-23(24)26/h2-7,12-14,19H,8-11,15-16H2,1H3. The highest BCUT2D eigenvalue weighted by Gasteiger charge is 2.32. The lowest BCUT2D eigenvalue weighted by Gasteiger charge is -2.32. The molecule has 0 spiro atoms. The highest BCUT2D eigenvalue weighted by Crippen LogP contribution is 2.37. The number of nitrogens with zero attached hydrogens (tertiary/aromatic N) is 1. The first-order chi connectivity index (χ1) is 15.8. The number of carbonyl (C=O) groups excluding carboxylic acids is 1. The van der Waals surface area contributed by atoms with E-state index in [4.69, 9.17) is 16.3 Å². The maximum absolute atomic E-state index is 13.4. The van der Waals surface area contributed by atoms with E-state index in [0.29, 0.717) is 31.5 Å². The molecule has 1 saturated heterocycles. The Balaban J connectivity index is 1.64. The SMILES string of the molecule is COC(=O)Cc1cc(C2CCN(S(=O)(=O)c3ccccc3Cl)CC2)c2cc(CF)ccc2c1. The average Bonchev–Trinajstić information content (AvgIpc) is 2.83. The van der Waals surface area contributed by atoms with Gasteiger partial charge in [0.15, 0.2) is 0 Å². The van der Waals surface area contributed by atoms with Gasteiger partial charge < -0.3 is 4.74 Å². The number of halogens is 2. The topological polar surface area (TPSA) is 63.7 Å². The van der Waals surface area contributed by atoms with Crippen molar-refractivity contribution in [1.29, 1.82) is 0 Å². The number of hydrogen-bond donors (Lipinski definition) is 0. The molecule has 0 atom stereocenters. The molecule has 3 aromatic carbocycles. The molecule has 0 radical (unpaired) electrons. The Morgan fingerprint density at radius 2 is 1.82 bits per heavy atom. The zero-order valence-electron chi connectivity index (χ0n) is 18.3. The first-order valence-corrected chi connectivity index (χ1v) is 12.6. The largest absolute Gasteiger partial charge is 0.469 e. The van der Waals surface area contributed by atoms with Crippen molar-refractivity contribution in [3.63, 3.8) is 0 Å². The van der Waals surface area contributed by atoms with E-state index in [1.54, 1.807) is 24.3 Å². The third-order valence-corrected chi connectivity index (χ3v) is 8.59. The monoisotopic (exact) mass is 489 g/mol. The van der Waals surface area contributed by atoms with E-state index in [9.17, 15) is 17.6 Å². The average molecular weight is 490 g/mol. The van der Waals surface area contributed by atoms with Crippen LogP contribution in [0, 0.1) is 0 Å². The van der Waals surface area contributed by atoms with E-state index in [2.05, 4.69) is 0 Å². The second kappa shape index (κ2) is 9.79. The smallest absolute Gasteiger partial charge is 0.309 e. The zero-order chi connectivity index (χ0) is 23.6. The van der Waals surface area contributed by atoms with Crippen molar-refractivity contribution >= 4 is 38.4 Å². The van der Waals surface area contributed by atoms with Gasteiger partial charge in [0.25, 0.3) is 0 Å². The van der Waals surface area contributed by atoms with E-state index in [1.807, 2.05) is 24.3 Å². The number of rotatable bonds is 6. The summed E-state index contributed by atoms with van der Waals surface area (Å²) in [4.78, 5) is 12.0. The Hall–Kier alpha value is -2.48. The van der Waals surface area contributed by atoms with Gasteiger partial charge in [0.1, 0.15) is 11.6 Å². The van der Waals surface area contributed by atoms with Crippen molar-refractivity contribution in [3.05, 3.63) is 76.3 Å². The molecule has 5 nitrogen and oxygen atoms in total. The van der Waals surface area contributed by atoms with E-state index in [-0.39, 0.29) is 28.2 Å². The summed E-state index contributed by atoms with van der Waals surface area (Å²) < 4.78 is 45.9. The number of piperidine rings is 1.